The van der Waals surface area contributed by atoms with Gasteiger partial charge in [0.05, 0.1) is 12.1 Å². The molecule has 2 aromatic carbocycles. The van der Waals surface area contributed by atoms with Gasteiger partial charge in [-0.05, 0) is 62.1 Å². The molecule has 156 valence electrons. The van der Waals surface area contributed by atoms with Crippen molar-refractivity contribution in [1.29, 1.82) is 0 Å². The normalized spacial score (nSPS) is 14.2. The van der Waals surface area contributed by atoms with E-state index in [0.29, 0.717) is 30.1 Å². The fraction of sp³-hybridized carbons (Fsp3) is 0.391. The third-order valence-corrected chi connectivity index (χ3v) is 5.90. The van der Waals surface area contributed by atoms with Crippen LogP contribution in [-0.2, 0) is 11.3 Å². The van der Waals surface area contributed by atoms with E-state index in [4.69, 9.17) is 0 Å². The summed E-state index contributed by atoms with van der Waals surface area (Å²) >= 11 is 0. The predicted octanol–water partition coefficient (Wildman–Crippen LogP) is 3.75. The summed E-state index contributed by atoms with van der Waals surface area (Å²) in [5, 5.41) is 14.4. The Morgan fingerprint density at radius 2 is 1.93 bits per heavy atom. The van der Waals surface area contributed by atoms with E-state index < -0.39 is 0 Å². The minimum absolute atomic E-state index is 0.0510. The first kappa shape index (κ1) is 20.1. The number of aryl methyl sites for hydroxylation is 2. The van der Waals surface area contributed by atoms with Gasteiger partial charge in [0.2, 0.25) is 5.91 Å². The van der Waals surface area contributed by atoms with E-state index in [-0.39, 0.29) is 11.8 Å². The second-order valence-corrected chi connectivity index (χ2v) is 8.02. The Bertz CT molecular complexity index is 1080. The topological polar surface area (TPSA) is 88.9 Å². The Kier molecular flexibility index (Phi) is 5.79. The average Bonchev–Trinajstić information content (AvgIpc) is 3.39. The number of hydrogen-bond acceptors (Lipinski definition) is 4. The van der Waals surface area contributed by atoms with Crippen molar-refractivity contribution in [2.45, 2.75) is 58.5 Å². The molecule has 3 aromatic rings. The van der Waals surface area contributed by atoms with Gasteiger partial charge < -0.3 is 10.6 Å². The van der Waals surface area contributed by atoms with E-state index in [1.807, 2.05) is 38.1 Å². The van der Waals surface area contributed by atoms with Gasteiger partial charge in [0.15, 0.2) is 0 Å². The van der Waals surface area contributed by atoms with Gasteiger partial charge in [-0.3, -0.25) is 9.59 Å². The van der Waals surface area contributed by atoms with Crippen LogP contribution in [-0.4, -0.2) is 32.9 Å². The van der Waals surface area contributed by atoms with Crippen LogP contribution in [0.15, 0.2) is 36.4 Å². The number of anilines is 1. The number of carbonyl (C=O) groups is 2. The number of fused-ring (bicyclic) bond motifs is 1. The van der Waals surface area contributed by atoms with Gasteiger partial charge in [-0.25, -0.2) is 4.68 Å². The summed E-state index contributed by atoms with van der Waals surface area (Å²) in [4.78, 5) is 24.9. The highest BCUT2D eigenvalue weighted by atomic mass is 16.2. The maximum Gasteiger partial charge on any atom is 0.255 e. The summed E-state index contributed by atoms with van der Waals surface area (Å²) < 4.78 is 1.72. The van der Waals surface area contributed by atoms with E-state index >= 15 is 0 Å². The van der Waals surface area contributed by atoms with Crippen LogP contribution < -0.4 is 10.6 Å². The molecule has 0 bridgehead atoms. The second kappa shape index (κ2) is 8.65. The van der Waals surface area contributed by atoms with Crippen molar-refractivity contribution in [3.63, 3.8) is 0 Å². The average molecular weight is 406 g/mol. The molecule has 2 amide bonds. The first-order chi connectivity index (χ1) is 14.5. The number of aromatic nitrogens is 3. The van der Waals surface area contributed by atoms with Gasteiger partial charge in [-0.15, -0.1) is 5.10 Å². The van der Waals surface area contributed by atoms with Crippen molar-refractivity contribution in [3.8, 4) is 0 Å². The Hall–Kier alpha value is -3.22. The molecule has 0 unspecified atom stereocenters. The second-order valence-electron chi connectivity index (χ2n) is 8.02. The quantitative estimate of drug-likeness (QED) is 0.654. The molecule has 0 radical (unpaired) electrons. The first-order valence-corrected chi connectivity index (χ1v) is 10.5. The largest absolute Gasteiger partial charge is 0.353 e. The van der Waals surface area contributed by atoms with Crippen LogP contribution in [0.2, 0.25) is 0 Å². The molecule has 0 atom stereocenters. The fourth-order valence-corrected chi connectivity index (χ4v) is 3.94. The number of benzene rings is 2. The number of amides is 2. The van der Waals surface area contributed by atoms with Crippen LogP contribution in [0.1, 0.15) is 53.6 Å². The van der Waals surface area contributed by atoms with Crippen LogP contribution in [0.5, 0.6) is 0 Å². The molecule has 1 aliphatic carbocycles. The maximum absolute atomic E-state index is 12.7. The van der Waals surface area contributed by atoms with Crippen molar-refractivity contribution >= 4 is 28.5 Å². The Balaban J connectivity index is 1.42. The molecule has 1 aliphatic rings. The zero-order valence-electron chi connectivity index (χ0n) is 17.4. The molecular weight excluding hydrogens is 378 g/mol. The number of hydrogen-bond donors (Lipinski definition) is 2. The van der Waals surface area contributed by atoms with Gasteiger partial charge in [-0.2, -0.15) is 0 Å². The standard InChI is InChI=1S/C23H27N5O2/c1-15-6-5-9-19(16(15)2)25-23(30)17-10-11-21-20(14-17)26-27-28(21)13-12-22(29)24-18-7-3-4-8-18/h5-6,9-11,14,18H,3-4,7-8,12-13H2,1-2H3,(H,24,29)(H,25,30). The number of nitrogens with one attached hydrogen (secondary N) is 2. The zero-order chi connectivity index (χ0) is 21.1. The molecule has 30 heavy (non-hydrogen) atoms. The lowest BCUT2D eigenvalue weighted by Crippen LogP contribution is -2.33. The molecule has 4 rings (SSSR count). The van der Waals surface area contributed by atoms with E-state index in [2.05, 4.69) is 20.9 Å². The van der Waals surface area contributed by atoms with E-state index in [1.165, 1.54) is 12.8 Å². The highest BCUT2D eigenvalue weighted by molar-refractivity contribution is 6.06. The number of rotatable bonds is 6. The highest BCUT2D eigenvalue weighted by Gasteiger charge is 2.17. The van der Waals surface area contributed by atoms with Gasteiger partial charge >= 0.3 is 0 Å². The molecule has 0 aliphatic heterocycles. The molecule has 1 fully saturated rings. The van der Waals surface area contributed by atoms with Gasteiger partial charge in [0, 0.05) is 23.7 Å². The van der Waals surface area contributed by atoms with Crippen LogP contribution >= 0.6 is 0 Å². The summed E-state index contributed by atoms with van der Waals surface area (Å²) in [7, 11) is 0. The lowest BCUT2D eigenvalue weighted by molar-refractivity contribution is -0.122. The van der Waals surface area contributed by atoms with Crippen molar-refractivity contribution in [2.75, 3.05) is 5.32 Å². The summed E-state index contributed by atoms with van der Waals surface area (Å²) in [6.07, 6.45) is 4.90. The van der Waals surface area contributed by atoms with Gasteiger partial charge in [-0.1, -0.05) is 30.2 Å². The zero-order valence-corrected chi connectivity index (χ0v) is 17.4. The van der Waals surface area contributed by atoms with Crippen LogP contribution in [0, 0.1) is 13.8 Å². The molecular formula is C23H27N5O2. The van der Waals surface area contributed by atoms with Crippen molar-refractivity contribution in [3.05, 3.63) is 53.1 Å². The summed E-state index contributed by atoms with van der Waals surface area (Å²) in [5.41, 5.74) is 4.95. The molecule has 1 aromatic heterocycles. The van der Waals surface area contributed by atoms with Crippen molar-refractivity contribution in [2.24, 2.45) is 0 Å². The Morgan fingerprint density at radius 3 is 2.73 bits per heavy atom. The minimum atomic E-state index is -0.184. The molecule has 7 nitrogen and oxygen atoms in total. The number of carbonyl (C=O) groups excluding carboxylic acids is 2. The fourth-order valence-electron chi connectivity index (χ4n) is 3.94. The maximum atomic E-state index is 12.7. The number of nitrogens with zero attached hydrogens (tertiary/aromatic N) is 3. The van der Waals surface area contributed by atoms with Crippen molar-refractivity contribution < 1.29 is 9.59 Å². The lowest BCUT2D eigenvalue weighted by Gasteiger charge is -2.11. The minimum Gasteiger partial charge on any atom is -0.353 e. The predicted molar refractivity (Wildman–Crippen MR) is 116 cm³/mol. The highest BCUT2D eigenvalue weighted by Crippen LogP contribution is 2.21. The monoisotopic (exact) mass is 405 g/mol. The van der Waals surface area contributed by atoms with Gasteiger partial charge in [0.25, 0.3) is 5.91 Å². The summed E-state index contributed by atoms with van der Waals surface area (Å²) in [6, 6.07) is 11.5. The third-order valence-electron chi connectivity index (χ3n) is 5.90. The Labute approximate surface area is 175 Å². The first-order valence-electron chi connectivity index (χ1n) is 10.5. The Morgan fingerprint density at radius 1 is 1.13 bits per heavy atom. The van der Waals surface area contributed by atoms with Crippen LogP contribution in [0.4, 0.5) is 5.69 Å². The smallest absolute Gasteiger partial charge is 0.255 e. The third kappa shape index (κ3) is 4.35. The lowest BCUT2D eigenvalue weighted by atomic mass is 10.1. The van der Waals surface area contributed by atoms with Gasteiger partial charge in [0.1, 0.15) is 5.52 Å². The van der Waals surface area contributed by atoms with Crippen molar-refractivity contribution in [1.82, 2.24) is 20.3 Å². The van der Waals surface area contributed by atoms with Crippen LogP contribution in [0.3, 0.4) is 0 Å². The molecule has 2 N–H and O–H groups in total. The molecule has 0 saturated heterocycles. The van der Waals surface area contributed by atoms with Crippen LogP contribution in [0.25, 0.3) is 11.0 Å². The summed E-state index contributed by atoms with van der Waals surface area (Å²) in [5.74, 6) is -0.133. The molecule has 1 saturated carbocycles. The van der Waals surface area contributed by atoms with E-state index in [1.54, 1.807) is 16.8 Å². The molecule has 1 heterocycles. The molecule has 7 heteroatoms. The SMILES string of the molecule is Cc1cccc(NC(=O)c2ccc3c(c2)nnn3CCC(=O)NC2CCCC2)c1C. The molecule has 0 spiro atoms. The van der Waals surface area contributed by atoms with E-state index in [0.717, 1.165) is 35.2 Å². The summed E-state index contributed by atoms with van der Waals surface area (Å²) in [6.45, 7) is 4.47. The van der Waals surface area contributed by atoms with E-state index in [9.17, 15) is 9.59 Å².